The van der Waals surface area contributed by atoms with Gasteiger partial charge in [0.25, 0.3) is 0 Å². The number of methoxy groups -OCH3 is 1. The second-order valence-corrected chi connectivity index (χ2v) is 4.39. The Morgan fingerprint density at radius 2 is 2.43 bits per heavy atom. The number of anilines is 2. The van der Waals surface area contributed by atoms with Crippen molar-refractivity contribution in [3.05, 3.63) is 23.8 Å². The number of carbonyl (C=O) groups is 1. The lowest BCUT2D eigenvalue weighted by Crippen LogP contribution is -2.27. The van der Waals surface area contributed by atoms with E-state index in [1.807, 2.05) is 6.07 Å². The zero-order valence-electron chi connectivity index (χ0n) is 11.3. The molecule has 108 valence electrons. The van der Waals surface area contributed by atoms with Crippen LogP contribution in [-0.4, -0.2) is 30.7 Å². The number of hydrogen-bond donors (Lipinski definition) is 4. The van der Waals surface area contributed by atoms with Crippen LogP contribution in [0.1, 0.15) is 5.56 Å². The Hall–Kier alpha value is -3.08. The van der Waals surface area contributed by atoms with Crippen LogP contribution in [0.25, 0.3) is 0 Å². The molecule has 0 radical (unpaired) electrons. The minimum atomic E-state index is -0.407. The summed E-state index contributed by atoms with van der Waals surface area (Å²) in [6, 6.07) is 6.70. The normalized spacial score (nSPS) is 16.4. The number of amidine groups is 1. The molecular weight excluding hydrogens is 272 g/mol. The van der Waals surface area contributed by atoms with E-state index in [4.69, 9.17) is 21.1 Å². The minimum absolute atomic E-state index is 0.198. The van der Waals surface area contributed by atoms with Gasteiger partial charge >= 0.3 is 5.97 Å². The predicted molar refractivity (Wildman–Crippen MR) is 78.2 cm³/mol. The molecule has 5 N–H and O–H groups in total. The van der Waals surface area contributed by atoms with Crippen molar-refractivity contribution in [1.82, 2.24) is 0 Å². The molecule has 0 saturated heterocycles. The first-order chi connectivity index (χ1) is 10.0. The van der Waals surface area contributed by atoms with Crippen molar-refractivity contribution in [2.75, 3.05) is 17.9 Å². The van der Waals surface area contributed by atoms with E-state index < -0.39 is 11.9 Å². The highest BCUT2D eigenvalue weighted by Gasteiger charge is 2.27. The average molecular weight is 286 g/mol. The van der Waals surface area contributed by atoms with Crippen LogP contribution in [0, 0.1) is 16.7 Å². The number of hydrazone groups is 1. The molecule has 21 heavy (non-hydrogen) atoms. The fourth-order valence-corrected chi connectivity index (χ4v) is 1.97. The van der Waals surface area contributed by atoms with Crippen molar-refractivity contribution in [2.24, 2.45) is 10.8 Å². The molecule has 1 atom stereocenters. The van der Waals surface area contributed by atoms with Gasteiger partial charge in [-0.3, -0.25) is 10.8 Å². The number of ether oxygens (including phenoxy) is 1. The molecule has 0 fully saturated rings. The van der Waals surface area contributed by atoms with Gasteiger partial charge in [-0.05, 0) is 17.7 Å². The van der Waals surface area contributed by atoms with Crippen molar-refractivity contribution in [2.45, 2.75) is 12.5 Å². The minimum Gasteiger partial charge on any atom is -0.467 e. The summed E-state index contributed by atoms with van der Waals surface area (Å²) in [6.07, 6.45) is 0.558. The Labute approximate surface area is 121 Å². The third-order valence-corrected chi connectivity index (χ3v) is 3.01. The number of fused-ring (bicyclic) bond motifs is 1. The van der Waals surface area contributed by atoms with Gasteiger partial charge in [0.2, 0.25) is 5.71 Å². The van der Waals surface area contributed by atoms with Crippen molar-refractivity contribution in [3.8, 4) is 6.07 Å². The van der Waals surface area contributed by atoms with Gasteiger partial charge in [-0.2, -0.15) is 10.4 Å². The van der Waals surface area contributed by atoms with E-state index in [9.17, 15) is 4.79 Å². The van der Waals surface area contributed by atoms with E-state index in [2.05, 4.69) is 15.8 Å². The van der Waals surface area contributed by atoms with Crippen LogP contribution >= 0.6 is 0 Å². The second-order valence-electron chi connectivity index (χ2n) is 4.39. The van der Waals surface area contributed by atoms with Crippen molar-refractivity contribution in [3.63, 3.8) is 0 Å². The molecule has 2 rings (SSSR count). The van der Waals surface area contributed by atoms with Crippen LogP contribution in [-0.2, 0) is 16.0 Å². The van der Waals surface area contributed by atoms with Gasteiger partial charge in [-0.25, -0.2) is 4.79 Å². The molecular formula is C13H14N6O2. The van der Waals surface area contributed by atoms with E-state index in [0.717, 1.165) is 11.3 Å². The van der Waals surface area contributed by atoms with Crippen LogP contribution in [0.3, 0.4) is 0 Å². The monoisotopic (exact) mass is 286 g/mol. The number of nitrogens with two attached hydrogens (primary N) is 1. The van der Waals surface area contributed by atoms with Gasteiger partial charge in [0, 0.05) is 12.1 Å². The first-order valence-electron chi connectivity index (χ1n) is 6.10. The SMILES string of the molecule is COC(=O)C1Cc2ccc(N/N=C(\C#N)C(=N)N)cc2N1. The molecule has 1 heterocycles. The number of nitrogens with one attached hydrogen (secondary N) is 3. The molecule has 1 aliphatic rings. The number of carbonyl (C=O) groups excluding carboxylic acids is 1. The number of hydrogen-bond acceptors (Lipinski definition) is 7. The third kappa shape index (κ3) is 3.09. The molecule has 1 unspecified atom stereocenters. The van der Waals surface area contributed by atoms with Crippen LogP contribution in [0.4, 0.5) is 11.4 Å². The fourth-order valence-electron chi connectivity index (χ4n) is 1.97. The summed E-state index contributed by atoms with van der Waals surface area (Å²) in [5.41, 5.74) is 10.1. The largest absolute Gasteiger partial charge is 0.467 e. The Bertz CT molecular complexity index is 661. The van der Waals surface area contributed by atoms with Crippen molar-refractivity contribution in [1.29, 1.82) is 10.7 Å². The standard InChI is InChI=1S/C13H14N6O2/c1-21-13(20)10-4-7-2-3-8(5-9(7)17-10)18-19-11(6-14)12(15)16/h2-3,5,10,17-18H,4H2,1H3,(H3,15,16)/b19-11+. The molecule has 0 spiro atoms. The predicted octanol–water partition coefficient (Wildman–Crippen LogP) is 0.424. The molecule has 1 aromatic rings. The molecule has 8 heteroatoms. The topological polar surface area (TPSA) is 136 Å². The Morgan fingerprint density at radius 1 is 1.67 bits per heavy atom. The maximum atomic E-state index is 11.5. The quantitative estimate of drug-likeness (QED) is 0.274. The summed E-state index contributed by atoms with van der Waals surface area (Å²) in [6.45, 7) is 0. The number of nitriles is 1. The van der Waals surface area contributed by atoms with Crippen LogP contribution < -0.4 is 16.5 Å². The third-order valence-electron chi connectivity index (χ3n) is 3.01. The van der Waals surface area contributed by atoms with E-state index in [1.165, 1.54) is 7.11 Å². The molecule has 0 aliphatic carbocycles. The second kappa shape index (κ2) is 5.92. The van der Waals surface area contributed by atoms with Crippen LogP contribution in [0.15, 0.2) is 23.3 Å². The number of esters is 1. The van der Waals surface area contributed by atoms with Gasteiger partial charge in [-0.15, -0.1) is 0 Å². The van der Waals surface area contributed by atoms with E-state index in [1.54, 1.807) is 18.2 Å². The molecule has 1 aliphatic heterocycles. The molecule has 0 aromatic heterocycles. The van der Waals surface area contributed by atoms with Crippen LogP contribution in [0.2, 0.25) is 0 Å². The molecule has 0 amide bonds. The van der Waals surface area contributed by atoms with Crippen LogP contribution in [0.5, 0.6) is 0 Å². The first kappa shape index (κ1) is 14.3. The van der Waals surface area contributed by atoms with E-state index in [-0.39, 0.29) is 11.7 Å². The zero-order chi connectivity index (χ0) is 15.4. The maximum absolute atomic E-state index is 11.5. The van der Waals surface area contributed by atoms with E-state index in [0.29, 0.717) is 12.1 Å². The summed E-state index contributed by atoms with van der Waals surface area (Å²) in [5, 5.41) is 22.7. The molecule has 0 saturated carbocycles. The van der Waals surface area contributed by atoms with Gasteiger partial charge in [-0.1, -0.05) is 6.07 Å². The smallest absolute Gasteiger partial charge is 0.328 e. The highest BCUT2D eigenvalue weighted by molar-refractivity contribution is 6.45. The first-order valence-corrected chi connectivity index (χ1v) is 6.10. The number of nitrogens with zero attached hydrogens (tertiary/aromatic N) is 2. The van der Waals surface area contributed by atoms with Gasteiger partial charge in [0.05, 0.1) is 12.8 Å². The lowest BCUT2D eigenvalue weighted by Gasteiger charge is -2.08. The van der Waals surface area contributed by atoms with Crippen molar-refractivity contribution >= 4 is 28.9 Å². The van der Waals surface area contributed by atoms with Gasteiger partial charge < -0.3 is 15.8 Å². The Balaban J connectivity index is 2.13. The fraction of sp³-hybridized carbons (Fsp3) is 0.231. The Morgan fingerprint density at radius 3 is 3.05 bits per heavy atom. The molecule has 8 nitrogen and oxygen atoms in total. The number of benzene rings is 1. The molecule has 0 bridgehead atoms. The lowest BCUT2D eigenvalue weighted by atomic mass is 10.1. The van der Waals surface area contributed by atoms with E-state index >= 15 is 0 Å². The van der Waals surface area contributed by atoms with Gasteiger partial charge in [0.1, 0.15) is 12.1 Å². The summed E-state index contributed by atoms with van der Waals surface area (Å²) < 4.78 is 4.70. The van der Waals surface area contributed by atoms with Crippen molar-refractivity contribution < 1.29 is 9.53 Å². The summed E-state index contributed by atoms with van der Waals surface area (Å²) in [4.78, 5) is 11.5. The highest BCUT2D eigenvalue weighted by atomic mass is 16.5. The lowest BCUT2D eigenvalue weighted by molar-refractivity contribution is -0.141. The van der Waals surface area contributed by atoms with Gasteiger partial charge in [0.15, 0.2) is 5.84 Å². The number of rotatable bonds is 4. The average Bonchev–Trinajstić information content (AvgIpc) is 2.89. The maximum Gasteiger partial charge on any atom is 0.328 e. The molecule has 1 aromatic carbocycles. The summed E-state index contributed by atoms with van der Waals surface area (Å²) in [7, 11) is 1.35. The summed E-state index contributed by atoms with van der Waals surface area (Å²) >= 11 is 0. The Kier molecular flexibility index (Phi) is 4.04. The highest BCUT2D eigenvalue weighted by Crippen LogP contribution is 2.29. The summed E-state index contributed by atoms with van der Waals surface area (Å²) in [5.74, 6) is -0.725. The zero-order valence-corrected chi connectivity index (χ0v) is 11.3.